The molecule has 9 heteroatoms. The zero-order valence-corrected chi connectivity index (χ0v) is 16.5. The molecular weight excluding hydrogens is 384 g/mol. The Balaban J connectivity index is 2.40. The van der Waals surface area contributed by atoms with Gasteiger partial charge in [0, 0.05) is 18.2 Å². The van der Waals surface area contributed by atoms with Crippen LogP contribution < -0.4 is 29.1 Å². The van der Waals surface area contributed by atoms with Crippen molar-refractivity contribution in [3.8, 4) is 51.6 Å². The molecule has 0 saturated heterocycles. The molecule has 3 aromatic rings. The van der Waals surface area contributed by atoms with E-state index in [1.54, 1.807) is 0 Å². The summed E-state index contributed by atoms with van der Waals surface area (Å²) in [6, 6.07) is 4.00. The zero-order valence-electron chi connectivity index (χ0n) is 16.5. The van der Waals surface area contributed by atoms with Gasteiger partial charge in [0.1, 0.15) is 28.0 Å². The molecule has 0 fully saturated rings. The van der Waals surface area contributed by atoms with Crippen LogP contribution in [0, 0.1) is 0 Å². The summed E-state index contributed by atoms with van der Waals surface area (Å²) in [5.41, 5.74) is -0.303. The Hall–Kier alpha value is -3.75. The minimum Gasteiger partial charge on any atom is -0.504 e. The predicted molar refractivity (Wildman–Crippen MR) is 104 cm³/mol. The van der Waals surface area contributed by atoms with E-state index in [1.165, 1.54) is 47.7 Å². The fraction of sp³-hybridized carbons (Fsp3) is 0.250. The first-order chi connectivity index (χ1) is 13.9. The number of hydrogen-bond acceptors (Lipinski definition) is 9. The molecule has 9 nitrogen and oxygen atoms in total. The van der Waals surface area contributed by atoms with Gasteiger partial charge in [0.15, 0.2) is 28.4 Å². The lowest BCUT2D eigenvalue weighted by atomic mass is 10.1. The van der Waals surface area contributed by atoms with Crippen molar-refractivity contribution in [2.45, 2.75) is 0 Å². The highest BCUT2D eigenvalue weighted by Crippen LogP contribution is 2.50. The van der Waals surface area contributed by atoms with E-state index < -0.39 is 11.2 Å². The van der Waals surface area contributed by atoms with Gasteiger partial charge in [-0.2, -0.15) is 0 Å². The zero-order chi connectivity index (χ0) is 21.3. The summed E-state index contributed by atoms with van der Waals surface area (Å²) in [4.78, 5) is 12.8. The van der Waals surface area contributed by atoms with Crippen molar-refractivity contribution in [3.05, 3.63) is 28.4 Å². The lowest BCUT2D eigenvalue weighted by Gasteiger charge is -2.17. The van der Waals surface area contributed by atoms with Crippen LogP contribution in [0.1, 0.15) is 0 Å². The van der Waals surface area contributed by atoms with Gasteiger partial charge < -0.3 is 38.3 Å². The van der Waals surface area contributed by atoms with E-state index in [0.29, 0.717) is 0 Å². The highest BCUT2D eigenvalue weighted by atomic mass is 16.5. The van der Waals surface area contributed by atoms with Crippen molar-refractivity contribution in [1.29, 1.82) is 0 Å². The number of rotatable bonds is 6. The highest BCUT2D eigenvalue weighted by molar-refractivity contribution is 5.90. The van der Waals surface area contributed by atoms with Gasteiger partial charge in [-0.15, -0.1) is 0 Å². The minimum absolute atomic E-state index is 0.00611. The van der Waals surface area contributed by atoms with Gasteiger partial charge in [0.2, 0.25) is 11.5 Å². The summed E-state index contributed by atoms with van der Waals surface area (Å²) >= 11 is 0. The van der Waals surface area contributed by atoms with Gasteiger partial charge in [0.05, 0.1) is 35.5 Å². The second kappa shape index (κ2) is 7.70. The molecule has 0 amide bonds. The van der Waals surface area contributed by atoms with Crippen LogP contribution in [-0.2, 0) is 0 Å². The van der Waals surface area contributed by atoms with E-state index >= 15 is 0 Å². The average molecular weight is 404 g/mol. The van der Waals surface area contributed by atoms with Crippen molar-refractivity contribution in [2.75, 3.05) is 35.5 Å². The Morgan fingerprint density at radius 3 is 1.90 bits per heavy atom. The molecule has 0 radical (unpaired) electrons. The van der Waals surface area contributed by atoms with Crippen molar-refractivity contribution in [1.82, 2.24) is 0 Å². The Labute approximate surface area is 165 Å². The molecule has 0 saturated carbocycles. The molecule has 2 N–H and O–H groups in total. The molecule has 0 aliphatic carbocycles. The van der Waals surface area contributed by atoms with Gasteiger partial charge in [0.25, 0.3) is 0 Å². The number of phenolic OH excluding ortho intramolecular Hbond substituents is 2. The molecule has 0 spiro atoms. The minimum atomic E-state index is -0.542. The maximum Gasteiger partial charge on any atom is 0.204 e. The number of fused-ring (bicyclic) bond motifs is 1. The molecule has 154 valence electrons. The Morgan fingerprint density at radius 2 is 1.34 bits per heavy atom. The monoisotopic (exact) mass is 404 g/mol. The lowest BCUT2D eigenvalue weighted by molar-refractivity contribution is 0.332. The predicted octanol–water partition coefficient (Wildman–Crippen LogP) is 2.91. The second-order valence-corrected chi connectivity index (χ2v) is 5.85. The van der Waals surface area contributed by atoms with Crippen LogP contribution in [0.3, 0.4) is 0 Å². The van der Waals surface area contributed by atoms with E-state index in [-0.39, 0.29) is 56.8 Å². The van der Waals surface area contributed by atoms with E-state index in [1.807, 2.05) is 0 Å². The largest absolute Gasteiger partial charge is 0.504 e. The van der Waals surface area contributed by atoms with E-state index in [0.717, 1.165) is 6.07 Å². The number of phenols is 2. The Morgan fingerprint density at radius 1 is 0.724 bits per heavy atom. The first-order valence-corrected chi connectivity index (χ1v) is 8.35. The fourth-order valence-electron chi connectivity index (χ4n) is 3.08. The van der Waals surface area contributed by atoms with Gasteiger partial charge in [-0.1, -0.05) is 0 Å². The fourth-order valence-corrected chi connectivity index (χ4v) is 3.08. The number of benzene rings is 2. The van der Waals surface area contributed by atoms with Crippen molar-refractivity contribution in [2.24, 2.45) is 0 Å². The highest BCUT2D eigenvalue weighted by Gasteiger charge is 2.25. The molecule has 2 aromatic carbocycles. The molecule has 0 aliphatic heterocycles. The van der Waals surface area contributed by atoms with Crippen molar-refractivity contribution >= 4 is 11.0 Å². The molecule has 1 aromatic heterocycles. The van der Waals surface area contributed by atoms with E-state index in [9.17, 15) is 15.0 Å². The maximum atomic E-state index is 12.8. The standard InChI is InChI=1S/C20H20O9/c1-24-10-7-13(25-2)17(22)20(28-5)16(10)11-6-9(21)15-12(29-11)8-14(26-3)19(27-4)18(15)23/h6-8,22-23H,1-5H3. The topological polar surface area (TPSA) is 117 Å². The van der Waals surface area contributed by atoms with Gasteiger partial charge in [-0.25, -0.2) is 0 Å². The quantitative estimate of drug-likeness (QED) is 0.639. The van der Waals surface area contributed by atoms with Crippen LogP contribution in [0.4, 0.5) is 0 Å². The normalized spacial score (nSPS) is 10.7. The van der Waals surface area contributed by atoms with Crippen LogP contribution in [-0.4, -0.2) is 45.8 Å². The summed E-state index contributed by atoms with van der Waals surface area (Å²) in [5.74, 6) is -0.110. The smallest absolute Gasteiger partial charge is 0.204 e. The second-order valence-electron chi connectivity index (χ2n) is 5.85. The number of hydrogen-bond donors (Lipinski definition) is 2. The molecule has 0 aliphatic rings. The van der Waals surface area contributed by atoms with Crippen molar-refractivity contribution in [3.63, 3.8) is 0 Å². The molecule has 1 heterocycles. The third-order valence-electron chi connectivity index (χ3n) is 4.41. The van der Waals surface area contributed by atoms with Gasteiger partial charge in [-0.3, -0.25) is 4.79 Å². The van der Waals surface area contributed by atoms with Crippen LogP contribution in [0.2, 0.25) is 0 Å². The molecular formula is C20H20O9. The van der Waals surface area contributed by atoms with Gasteiger partial charge in [-0.05, 0) is 0 Å². The third kappa shape index (κ3) is 3.10. The summed E-state index contributed by atoms with van der Waals surface area (Å²) in [5, 5.41) is 20.8. The van der Waals surface area contributed by atoms with E-state index in [4.69, 9.17) is 28.1 Å². The Kier molecular flexibility index (Phi) is 5.31. The molecule has 29 heavy (non-hydrogen) atoms. The first-order valence-electron chi connectivity index (χ1n) is 8.35. The third-order valence-corrected chi connectivity index (χ3v) is 4.41. The van der Waals surface area contributed by atoms with Crippen LogP contribution >= 0.6 is 0 Å². The van der Waals surface area contributed by atoms with Crippen LogP contribution in [0.5, 0.6) is 40.2 Å². The summed E-state index contributed by atoms with van der Waals surface area (Å²) in [6.45, 7) is 0. The molecule has 0 bridgehead atoms. The average Bonchev–Trinajstić information content (AvgIpc) is 2.72. The number of ether oxygens (including phenoxy) is 5. The molecule has 3 rings (SSSR count). The number of methoxy groups -OCH3 is 5. The molecule has 0 unspecified atom stereocenters. The summed E-state index contributed by atoms with van der Waals surface area (Å²) in [6.07, 6.45) is 0. The first kappa shape index (κ1) is 20.0. The summed E-state index contributed by atoms with van der Waals surface area (Å²) < 4.78 is 32.0. The van der Waals surface area contributed by atoms with Crippen LogP contribution in [0.25, 0.3) is 22.3 Å². The molecule has 0 atom stereocenters. The SMILES string of the molecule is COc1cc(OC)c(-c2cc(=O)c3c(O)c(OC)c(OC)cc3o2)c(OC)c1O. The van der Waals surface area contributed by atoms with E-state index in [2.05, 4.69) is 0 Å². The maximum absolute atomic E-state index is 12.8. The van der Waals surface area contributed by atoms with Gasteiger partial charge >= 0.3 is 0 Å². The lowest BCUT2D eigenvalue weighted by Crippen LogP contribution is -2.04. The van der Waals surface area contributed by atoms with Crippen LogP contribution in [0.15, 0.2) is 27.4 Å². The Bertz CT molecular complexity index is 1130. The summed E-state index contributed by atoms with van der Waals surface area (Å²) in [7, 11) is 6.87. The van der Waals surface area contributed by atoms with Crippen molar-refractivity contribution < 1.29 is 38.3 Å². The number of aromatic hydroxyl groups is 2.